The lowest BCUT2D eigenvalue weighted by molar-refractivity contribution is -0.385. The van der Waals surface area contributed by atoms with E-state index in [2.05, 4.69) is 20.9 Å². The number of piperidine rings is 1. The summed E-state index contributed by atoms with van der Waals surface area (Å²) in [7, 11) is 1.38. The summed E-state index contributed by atoms with van der Waals surface area (Å²) >= 11 is 0. The Labute approximate surface area is 220 Å². The fraction of sp³-hybridized carbons (Fsp3) is 0.357. The van der Waals surface area contributed by atoms with Crippen molar-refractivity contribution in [1.82, 2.24) is 4.90 Å². The third-order valence-electron chi connectivity index (χ3n) is 7.21. The second-order valence-corrected chi connectivity index (χ2v) is 9.74. The predicted molar refractivity (Wildman–Crippen MR) is 146 cm³/mol. The lowest BCUT2D eigenvalue weighted by Crippen LogP contribution is -2.32. The van der Waals surface area contributed by atoms with Crippen LogP contribution in [0.4, 0.5) is 22.7 Å². The highest BCUT2D eigenvalue weighted by molar-refractivity contribution is 6.07. The minimum absolute atomic E-state index is 0.0178. The standard InChI is InChI=1S/C28H31N5O5/c1-38-27-15-18(5-8-25(27)33(36)37)19-13-23-21(26(34)14-19)17-29-24-16-20(6-7-22(24)31-23)30-28(35)9-12-32-10-3-2-4-11-32/h5-8,13,15-16,29,31H,2-4,9-12,14,17H2,1H3,(H,30,35). The van der Waals surface area contributed by atoms with Crippen LogP contribution in [0.15, 0.2) is 53.7 Å². The number of carbonyl (C=O) groups excluding carboxylic acids is 2. The summed E-state index contributed by atoms with van der Waals surface area (Å²) in [6.07, 6.45) is 6.21. The van der Waals surface area contributed by atoms with Crippen LogP contribution in [0.25, 0.3) is 5.57 Å². The van der Waals surface area contributed by atoms with Crippen LogP contribution in [0.2, 0.25) is 0 Å². The van der Waals surface area contributed by atoms with Crippen LogP contribution >= 0.6 is 0 Å². The average Bonchev–Trinajstić information content (AvgIpc) is 3.11. The number of hydrogen-bond acceptors (Lipinski definition) is 8. The van der Waals surface area contributed by atoms with Gasteiger partial charge in [0.2, 0.25) is 5.91 Å². The molecule has 1 saturated heterocycles. The van der Waals surface area contributed by atoms with Gasteiger partial charge in [-0.15, -0.1) is 0 Å². The van der Waals surface area contributed by atoms with Crippen molar-refractivity contribution in [2.24, 2.45) is 0 Å². The summed E-state index contributed by atoms with van der Waals surface area (Å²) in [4.78, 5) is 38.7. The summed E-state index contributed by atoms with van der Waals surface area (Å²) in [5.74, 6) is 0.0941. The minimum Gasteiger partial charge on any atom is -0.490 e. The van der Waals surface area contributed by atoms with Crippen molar-refractivity contribution in [3.8, 4) is 5.75 Å². The number of rotatable bonds is 7. The molecule has 0 spiro atoms. The van der Waals surface area contributed by atoms with Crippen molar-refractivity contribution < 1.29 is 19.2 Å². The molecule has 3 N–H and O–H groups in total. The zero-order chi connectivity index (χ0) is 26.6. The van der Waals surface area contributed by atoms with Gasteiger partial charge in [-0.2, -0.15) is 0 Å². The summed E-state index contributed by atoms with van der Waals surface area (Å²) in [6.45, 7) is 3.23. The number of nitrogens with zero attached hydrogens (tertiary/aromatic N) is 2. The Balaban J connectivity index is 1.30. The molecule has 2 aromatic rings. The molecule has 0 unspecified atom stereocenters. The number of fused-ring (bicyclic) bond motifs is 1. The topological polar surface area (TPSA) is 126 Å². The number of anilines is 3. The fourth-order valence-corrected chi connectivity index (χ4v) is 5.13. The van der Waals surface area contributed by atoms with Crippen LogP contribution < -0.4 is 20.7 Å². The highest BCUT2D eigenvalue weighted by atomic mass is 16.6. The summed E-state index contributed by atoms with van der Waals surface area (Å²) in [5, 5.41) is 20.9. The van der Waals surface area contributed by atoms with Crippen LogP contribution in [0.5, 0.6) is 5.75 Å². The normalized spacial score (nSPS) is 17.3. The molecular weight excluding hydrogens is 486 g/mol. The number of Topliss-reactive ketones (excluding diaryl/α,β-unsaturated/α-hetero) is 1. The van der Waals surface area contributed by atoms with Gasteiger partial charge in [0.05, 0.1) is 23.4 Å². The Morgan fingerprint density at radius 2 is 1.95 bits per heavy atom. The minimum atomic E-state index is -0.496. The van der Waals surface area contributed by atoms with E-state index < -0.39 is 4.92 Å². The van der Waals surface area contributed by atoms with E-state index in [1.807, 2.05) is 24.3 Å². The molecule has 10 heteroatoms. The Hall–Kier alpha value is -4.18. The monoisotopic (exact) mass is 517 g/mol. The molecule has 10 nitrogen and oxygen atoms in total. The molecule has 2 aliphatic heterocycles. The molecule has 198 valence electrons. The maximum atomic E-state index is 13.1. The van der Waals surface area contributed by atoms with Gasteiger partial charge in [-0.25, -0.2) is 0 Å². The number of carbonyl (C=O) groups is 2. The number of ketones is 1. The van der Waals surface area contributed by atoms with Gasteiger partial charge >= 0.3 is 5.69 Å². The van der Waals surface area contributed by atoms with E-state index in [-0.39, 0.29) is 29.5 Å². The fourth-order valence-electron chi connectivity index (χ4n) is 5.13. The highest BCUT2D eigenvalue weighted by Gasteiger charge is 2.26. The molecular formula is C28H31N5O5. The van der Waals surface area contributed by atoms with Crippen molar-refractivity contribution in [2.75, 3.05) is 49.2 Å². The van der Waals surface area contributed by atoms with E-state index in [1.165, 1.54) is 32.4 Å². The zero-order valence-electron chi connectivity index (χ0n) is 21.3. The second-order valence-electron chi connectivity index (χ2n) is 9.74. The third-order valence-corrected chi connectivity index (χ3v) is 7.21. The van der Waals surface area contributed by atoms with Crippen LogP contribution in [0, 0.1) is 10.1 Å². The van der Waals surface area contributed by atoms with Crippen LogP contribution in [-0.2, 0) is 9.59 Å². The number of allylic oxidation sites excluding steroid dienone is 2. The summed E-state index contributed by atoms with van der Waals surface area (Å²) in [6, 6.07) is 10.2. The Morgan fingerprint density at radius 3 is 2.71 bits per heavy atom. The molecule has 1 fully saturated rings. The maximum Gasteiger partial charge on any atom is 0.310 e. The van der Waals surface area contributed by atoms with Crippen molar-refractivity contribution >= 4 is 40.0 Å². The van der Waals surface area contributed by atoms with E-state index in [0.29, 0.717) is 35.5 Å². The molecule has 1 aliphatic carbocycles. The molecule has 0 radical (unpaired) electrons. The van der Waals surface area contributed by atoms with E-state index in [4.69, 9.17) is 4.74 Å². The Morgan fingerprint density at radius 1 is 1.13 bits per heavy atom. The number of methoxy groups -OCH3 is 1. The molecule has 2 aromatic carbocycles. The van der Waals surface area contributed by atoms with E-state index in [9.17, 15) is 19.7 Å². The van der Waals surface area contributed by atoms with Crippen LogP contribution in [0.1, 0.15) is 37.7 Å². The maximum absolute atomic E-state index is 13.1. The number of nitro groups is 1. The number of nitrogens with one attached hydrogen (secondary N) is 3. The van der Waals surface area contributed by atoms with Crippen molar-refractivity contribution in [3.63, 3.8) is 0 Å². The molecule has 1 amide bonds. The van der Waals surface area contributed by atoms with Gasteiger partial charge in [-0.1, -0.05) is 6.42 Å². The number of ether oxygens (including phenoxy) is 1. The first kappa shape index (κ1) is 25.5. The van der Waals surface area contributed by atoms with Crippen molar-refractivity contribution in [1.29, 1.82) is 0 Å². The van der Waals surface area contributed by atoms with Gasteiger partial charge in [0.1, 0.15) is 0 Å². The van der Waals surface area contributed by atoms with Crippen molar-refractivity contribution in [2.45, 2.75) is 32.1 Å². The van der Waals surface area contributed by atoms with Gasteiger partial charge in [-0.05, 0) is 73.5 Å². The van der Waals surface area contributed by atoms with E-state index in [1.54, 1.807) is 12.1 Å². The highest BCUT2D eigenvalue weighted by Crippen LogP contribution is 2.37. The average molecular weight is 518 g/mol. The van der Waals surface area contributed by atoms with E-state index in [0.717, 1.165) is 36.6 Å². The summed E-state index contributed by atoms with van der Waals surface area (Å²) in [5.41, 5.74) is 4.88. The summed E-state index contributed by atoms with van der Waals surface area (Å²) < 4.78 is 5.20. The number of benzene rings is 2. The second kappa shape index (κ2) is 11.1. The molecule has 0 atom stereocenters. The third kappa shape index (κ3) is 5.55. The number of nitro benzene ring substituents is 1. The molecule has 0 aromatic heterocycles. The largest absolute Gasteiger partial charge is 0.490 e. The predicted octanol–water partition coefficient (Wildman–Crippen LogP) is 4.57. The first-order valence-corrected chi connectivity index (χ1v) is 12.9. The Kier molecular flexibility index (Phi) is 7.41. The lowest BCUT2D eigenvalue weighted by Gasteiger charge is -2.26. The molecule has 0 saturated carbocycles. The van der Waals surface area contributed by atoms with Crippen LogP contribution in [-0.4, -0.2) is 54.8 Å². The number of likely N-dealkylation sites (tertiary alicyclic amines) is 1. The molecule has 0 bridgehead atoms. The number of amides is 1. The first-order chi connectivity index (χ1) is 18.4. The SMILES string of the molecule is COc1cc(C2=CC3=C(CNc4cc(NC(=O)CCN5CCCCC5)ccc4N3)C(=O)C2)ccc1[N+](=O)[O-]. The first-order valence-electron chi connectivity index (χ1n) is 12.9. The van der Waals surface area contributed by atoms with Crippen molar-refractivity contribution in [3.05, 3.63) is 69.4 Å². The van der Waals surface area contributed by atoms with Gasteiger partial charge in [-0.3, -0.25) is 19.7 Å². The van der Waals surface area contributed by atoms with Gasteiger partial charge in [0, 0.05) is 49.0 Å². The molecule has 2 heterocycles. The number of hydrogen-bond donors (Lipinski definition) is 3. The zero-order valence-corrected chi connectivity index (χ0v) is 21.3. The van der Waals surface area contributed by atoms with E-state index >= 15 is 0 Å². The molecule has 38 heavy (non-hydrogen) atoms. The Bertz CT molecular complexity index is 1340. The quantitative estimate of drug-likeness (QED) is 0.360. The lowest BCUT2D eigenvalue weighted by atomic mass is 9.90. The van der Waals surface area contributed by atoms with Gasteiger partial charge < -0.3 is 25.6 Å². The van der Waals surface area contributed by atoms with Gasteiger partial charge in [0.15, 0.2) is 11.5 Å². The molecule has 5 rings (SSSR count). The van der Waals surface area contributed by atoms with Crippen LogP contribution in [0.3, 0.4) is 0 Å². The smallest absolute Gasteiger partial charge is 0.310 e. The molecule has 3 aliphatic rings. The van der Waals surface area contributed by atoms with Gasteiger partial charge in [0.25, 0.3) is 0 Å².